The molecule has 1 aliphatic rings. The quantitative estimate of drug-likeness (QED) is 0.653. The van der Waals surface area contributed by atoms with Crippen LogP contribution in [0.25, 0.3) is 10.9 Å². The Balaban J connectivity index is 1.47. The van der Waals surface area contributed by atoms with Gasteiger partial charge < -0.3 is 9.47 Å². The van der Waals surface area contributed by atoms with Crippen LogP contribution in [0.4, 0.5) is 0 Å². The summed E-state index contributed by atoms with van der Waals surface area (Å²) in [5, 5.41) is 1.08. The number of hydrogen-bond donors (Lipinski definition) is 0. The van der Waals surface area contributed by atoms with Crippen LogP contribution in [0.5, 0.6) is 0 Å². The topological polar surface area (TPSA) is 28.5 Å². The Kier molecular flexibility index (Phi) is 4.83. The van der Waals surface area contributed by atoms with Gasteiger partial charge in [0.15, 0.2) is 0 Å². The van der Waals surface area contributed by atoms with Gasteiger partial charge in [0.1, 0.15) is 5.69 Å². The van der Waals surface area contributed by atoms with E-state index in [1.165, 1.54) is 5.56 Å². The molecule has 4 nitrogen and oxygen atoms in total. The van der Waals surface area contributed by atoms with Crippen LogP contribution in [-0.2, 0) is 13.6 Å². The summed E-state index contributed by atoms with van der Waals surface area (Å²) in [6.07, 6.45) is 0. The number of halogens is 1. The zero-order chi connectivity index (χ0) is 18.1. The number of carbonyl (C=O) groups is 1. The van der Waals surface area contributed by atoms with Gasteiger partial charge in [0, 0.05) is 50.7 Å². The molecular weight excluding hydrogens is 390 g/mol. The summed E-state index contributed by atoms with van der Waals surface area (Å²) in [5.74, 6) is 0.106. The lowest BCUT2D eigenvalue weighted by Crippen LogP contribution is -2.48. The van der Waals surface area contributed by atoms with Crippen molar-refractivity contribution in [2.24, 2.45) is 7.05 Å². The molecule has 1 amide bonds. The van der Waals surface area contributed by atoms with Gasteiger partial charge >= 0.3 is 0 Å². The molecule has 5 heteroatoms. The zero-order valence-corrected chi connectivity index (χ0v) is 16.4. The first kappa shape index (κ1) is 17.3. The highest BCUT2D eigenvalue weighted by atomic mass is 79.9. The molecule has 0 radical (unpaired) electrons. The number of hydrogen-bond acceptors (Lipinski definition) is 2. The van der Waals surface area contributed by atoms with E-state index in [4.69, 9.17) is 0 Å². The van der Waals surface area contributed by atoms with E-state index in [1.807, 2.05) is 40.8 Å². The predicted octanol–water partition coefficient (Wildman–Crippen LogP) is 3.90. The number of para-hydroxylation sites is 1. The van der Waals surface area contributed by atoms with Crippen molar-refractivity contribution in [1.29, 1.82) is 0 Å². The fraction of sp³-hybridized carbons (Fsp3) is 0.286. The van der Waals surface area contributed by atoms with Gasteiger partial charge in [0.05, 0.1) is 4.47 Å². The first-order valence-corrected chi connectivity index (χ1v) is 9.73. The van der Waals surface area contributed by atoms with Crippen molar-refractivity contribution in [3.05, 3.63) is 70.3 Å². The third-order valence-electron chi connectivity index (χ3n) is 5.16. The number of aromatic nitrogens is 1. The molecule has 26 heavy (non-hydrogen) atoms. The molecule has 2 aromatic carbocycles. The first-order chi connectivity index (χ1) is 12.6. The average Bonchev–Trinajstić information content (AvgIpc) is 2.94. The summed E-state index contributed by atoms with van der Waals surface area (Å²) >= 11 is 3.65. The van der Waals surface area contributed by atoms with Crippen LogP contribution in [0.3, 0.4) is 0 Å². The van der Waals surface area contributed by atoms with Crippen LogP contribution in [0.2, 0.25) is 0 Å². The Labute approximate surface area is 162 Å². The molecule has 0 saturated carbocycles. The fourth-order valence-electron chi connectivity index (χ4n) is 3.68. The van der Waals surface area contributed by atoms with Crippen LogP contribution >= 0.6 is 15.9 Å². The highest BCUT2D eigenvalue weighted by Crippen LogP contribution is 2.31. The zero-order valence-electron chi connectivity index (χ0n) is 14.9. The van der Waals surface area contributed by atoms with Gasteiger partial charge in [-0.3, -0.25) is 9.69 Å². The standard InChI is InChI=1S/C21H22BrN3O/c1-23-18-10-6-5-9-17(18)19(22)20(23)21(26)25-13-11-24(12-14-25)15-16-7-3-2-4-8-16/h2-10H,11-15H2,1H3. The van der Waals surface area contributed by atoms with E-state index in [9.17, 15) is 4.79 Å². The minimum Gasteiger partial charge on any atom is -0.339 e. The molecule has 1 fully saturated rings. The summed E-state index contributed by atoms with van der Waals surface area (Å²) in [5.41, 5.74) is 3.14. The van der Waals surface area contributed by atoms with E-state index in [0.29, 0.717) is 0 Å². The molecule has 0 spiro atoms. The number of fused-ring (bicyclic) bond motifs is 1. The summed E-state index contributed by atoms with van der Waals surface area (Å²) in [6, 6.07) is 18.6. The predicted molar refractivity (Wildman–Crippen MR) is 108 cm³/mol. The number of piperazine rings is 1. The van der Waals surface area contributed by atoms with Gasteiger partial charge in [-0.15, -0.1) is 0 Å². The van der Waals surface area contributed by atoms with Crippen molar-refractivity contribution in [3.63, 3.8) is 0 Å². The van der Waals surface area contributed by atoms with Crippen LogP contribution in [0.15, 0.2) is 59.1 Å². The Morgan fingerprint density at radius 2 is 1.62 bits per heavy atom. The second-order valence-corrected chi connectivity index (χ2v) is 7.59. The van der Waals surface area contributed by atoms with E-state index in [2.05, 4.69) is 51.2 Å². The summed E-state index contributed by atoms with van der Waals surface area (Å²) in [7, 11) is 1.96. The highest BCUT2D eigenvalue weighted by Gasteiger charge is 2.27. The van der Waals surface area contributed by atoms with Crippen molar-refractivity contribution < 1.29 is 4.79 Å². The van der Waals surface area contributed by atoms with Crippen molar-refractivity contribution in [2.45, 2.75) is 6.54 Å². The van der Waals surface area contributed by atoms with E-state index in [0.717, 1.165) is 53.8 Å². The maximum Gasteiger partial charge on any atom is 0.271 e. The molecule has 1 saturated heterocycles. The lowest BCUT2D eigenvalue weighted by molar-refractivity contribution is 0.0618. The number of rotatable bonds is 3. The van der Waals surface area contributed by atoms with Crippen molar-refractivity contribution in [2.75, 3.05) is 26.2 Å². The largest absolute Gasteiger partial charge is 0.339 e. The van der Waals surface area contributed by atoms with Gasteiger partial charge in [-0.25, -0.2) is 0 Å². The molecule has 1 aliphatic heterocycles. The van der Waals surface area contributed by atoms with Crippen LogP contribution in [0, 0.1) is 0 Å². The highest BCUT2D eigenvalue weighted by molar-refractivity contribution is 9.10. The summed E-state index contributed by atoms with van der Waals surface area (Å²) in [6.45, 7) is 4.28. The van der Waals surface area contributed by atoms with E-state index < -0.39 is 0 Å². The van der Waals surface area contributed by atoms with E-state index in [1.54, 1.807) is 0 Å². The molecular formula is C21H22BrN3O. The minimum absolute atomic E-state index is 0.106. The number of aryl methyl sites for hydroxylation is 1. The van der Waals surface area contributed by atoms with E-state index in [-0.39, 0.29) is 5.91 Å². The van der Waals surface area contributed by atoms with Crippen LogP contribution < -0.4 is 0 Å². The normalized spacial score (nSPS) is 15.5. The average molecular weight is 412 g/mol. The van der Waals surface area contributed by atoms with Crippen molar-refractivity contribution in [3.8, 4) is 0 Å². The van der Waals surface area contributed by atoms with Gasteiger partial charge in [0.2, 0.25) is 0 Å². The molecule has 4 rings (SSSR count). The fourth-order valence-corrected chi connectivity index (χ4v) is 4.46. The maximum absolute atomic E-state index is 13.1. The Bertz CT molecular complexity index is 888. The third-order valence-corrected chi connectivity index (χ3v) is 5.96. The number of carbonyl (C=O) groups excluding carboxylic acids is 1. The third kappa shape index (κ3) is 3.17. The minimum atomic E-state index is 0.106. The molecule has 1 aromatic heterocycles. The molecule has 0 aliphatic carbocycles. The summed E-state index contributed by atoms with van der Waals surface area (Å²) < 4.78 is 2.89. The number of nitrogens with zero attached hydrogens (tertiary/aromatic N) is 3. The molecule has 0 atom stereocenters. The van der Waals surface area contributed by atoms with Crippen LogP contribution in [-0.4, -0.2) is 46.5 Å². The molecule has 0 bridgehead atoms. The smallest absolute Gasteiger partial charge is 0.271 e. The first-order valence-electron chi connectivity index (χ1n) is 8.93. The van der Waals surface area contributed by atoms with Gasteiger partial charge in [-0.05, 0) is 27.6 Å². The molecule has 3 aromatic rings. The second-order valence-electron chi connectivity index (χ2n) is 6.79. The Hall–Kier alpha value is -2.11. The number of amides is 1. The van der Waals surface area contributed by atoms with Crippen molar-refractivity contribution >= 4 is 32.7 Å². The Morgan fingerprint density at radius 1 is 0.962 bits per heavy atom. The molecule has 0 unspecified atom stereocenters. The lowest BCUT2D eigenvalue weighted by Gasteiger charge is -2.34. The van der Waals surface area contributed by atoms with Gasteiger partial charge in [-0.1, -0.05) is 48.5 Å². The molecule has 2 heterocycles. The van der Waals surface area contributed by atoms with Crippen LogP contribution in [0.1, 0.15) is 16.1 Å². The SMILES string of the molecule is Cn1c(C(=O)N2CCN(Cc3ccccc3)CC2)c(Br)c2ccccc21. The van der Waals surface area contributed by atoms with Gasteiger partial charge in [0.25, 0.3) is 5.91 Å². The molecule has 0 N–H and O–H groups in total. The summed E-state index contributed by atoms with van der Waals surface area (Å²) in [4.78, 5) is 17.5. The monoisotopic (exact) mass is 411 g/mol. The lowest BCUT2D eigenvalue weighted by atomic mass is 10.2. The van der Waals surface area contributed by atoms with E-state index >= 15 is 0 Å². The second kappa shape index (κ2) is 7.25. The maximum atomic E-state index is 13.1. The Morgan fingerprint density at radius 3 is 2.31 bits per heavy atom. The number of benzene rings is 2. The van der Waals surface area contributed by atoms with Crippen molar-refractivity contribution in [1.82, 2.24) is 14.4 Å². The molecule has 134 valence electrons. The van der Waals surface area contributed by atoms with Gasteiger partial charge in [-0.2, -0.15) is 0 Å².